The zero-order chi connectivity index (χ0) is 15.1. The minimum absolute atomic E-state index is 0.0403. The Morgan fingerprint density at radius 2 is 1.90 bits per heavy atom. The van der Waals surface area contributed by atoms with Gasteiger partial charge in [0.1, 0.15) is 5.75 Å². The first-order valence-electron chi connectivity index (χ1n) is 7.94. The van der Waals surface area contributed by atoms with Gasteiger partial charge in [-0.15, -0.1) is 0 Å². The second-order valence-electron chi connectivity index (χ2n) is 5.92. The summed E-state index contributed by atoms with van der Waals surface area (Å²) >= 11 is 0. The second kappa shape index (κ2) is 7.83. The third-order valence-electron chi connectivity index (χ3n) is 4.35. The van der Waals surface area contributed by atoms with Crippen molar-refractivity contribution in [3.05, 3.63) is 29.8 Å². The fraction of sp³-hybridized carbons (Fsp3) is 0.556. The molecule has 0 atom stereocenters. The number of rotatable bonds is 5. The number of hydrogen-bond donors (Lipinski definition) is 0. The van der Waals surface area contributed by atoms with Gasteiger partial charge >= 0.3 is 5.97 Å². The molecule has 1 saturated carbocycles. The predicted molar refractivity (Wildman–Crippen MR) is 81.8 cm³/mol. The lowest BCUT2D eigenvalue weighted by Crippen LogP contribution is -2.25. The van der Waals surface area contributed by atoms with Gasteiger partial charge in [-0.2, -0.15) is 5.26 Å². The van der Waals surface area contributed by atoms with Crippen LogP contribution in [0.4, 0.5) is 0 Å². The van der Waals surface area contributed by atoms with Crippen molar-refractivity contribution in [2.75, 3.05) is 0 Å². The normalized spacial score (nSPS) is 21.5. The van der Waals surface area contributed by atoms with Crippen LogP contribution in [-0.4, -0.2) is 5.97 Å². The molecule has 0 saturated heterocycles. The summed E-state index contributed by atoms with van der Waals surface area (Å²) < 4.78 is 5.42. The van der Waals surface area contributed by atoms with Crippen molar-refractivity contribution in [3.63, 3.8) is 0 Å². The predicted octanol–water partition coefficient (Wildman–Crippen LogP) is 4.46. The minimum Gasteiger partial charge on any atom is -0.426 e. The summed E-state index contributed by atoms with van der Waals surface area (Å²) in [7, 11) is 0. The quantitative estimate of drug-likeness (QED) is 0.593. The van der Waals surface area contributed by atoms with Crippen LogP contribution in [0.15, 0.2) is 24.3 Å². The van der Waals surface area contributed by atoms with Gasteiger partial charge in [0.05, 0.1) is 17.6 Å². The van der Waals surface area contributed by atoms with Gasteiger partial charge in [0.15, 0.2) is 0 Å². The van der Waals surface area contributed by atoms with E-state index in [4.69, 9.17) is 10.00 Å². The van der Waals surface area contributed by atoms with E-state index in [0.717, 1.165) is 31.6 Å². The summed E-state index contributed by atoms with van der Waals surface area (Å²) in [6.45, 7) is 2.22. The van der Waals surface area contributed by atoms with Gasteiger partial charge in [-0.1, -0.05) is 26.2 Å². The van der Waals surface area contributed by atoms with Gasteiger partial charge in [-0.25, -0.2) is 0 Å². The van der Waals surface area contributed by atoms with E-state index in [1.165, 1.54) is 19.3 Å². The number of ether oxygens (including phenoxy) is 1. The largest absolute Gasteiger partial charge is 0.426 e. The lowest BCUT2D eigenvalue weighted by molar-refractivity contribution is -0.140. The molecule has 0 heterocycles. The number of carbonyl (C=O) groups is 1. The van der Waals surface area contributed by atoms with Crippen LogP contribution in [0, 0.1) is 23.2 Å². The van der Waals surface area contributed by atoms with Crippen LogP contribution in [0.5, 0.6) is 5.75 Å². The molecule has 0 radical (unpaired) electrons. The molecule has 1 aromatic rings. The van der Waals surface area contributed by atoms with Crippen LogP contribution in [0.3, 0.4) is 0 Å². The smallest absolute Gasteiger partial charge is 0.314 e. The number of benzene rings is 1. The first-order chi connectivity index (χ1) is 10.2. The van der Waals surface area contributed by atoms with Crippen molar-refractivity contribution in [1.29, 1.82) is 5.26 Å². The maximum absolute atomic E-state index is 12.2. The Hall–Kier alpha value is -1.82. The third kappa shape index (κ3) is 4.60. The molecule has 0 unspecified atom stereocenters. The lowest BCUT2D eigenvalue weighted by atomic mass is 9.80. The maximum atomic E-state index is 12.2. The van der Waals surface area contributed by atoms with Crippen molar-refractivity contribution in [2.24, 2.45) is 11.8 Å². The Balaban J connectivity index is 1.80. The Morgan fingerprint density at radius 1 is 1.24 bits per heavy atom. The summed E-state index contributed by atoms with van der Waals surface area (Å²) in [5, 5.41) is 8.74. The highest BCUT2D eigenvalue weighted by Crippen LogP contribution is 2.32. The van der Waals surface area contributed by atoms with Gasteiger partial charge < -0.3 is 4.74 Å². The highest BCUT2D eigenvalue weighted by atomic mass is 16.5. The monoisotopic (exact) mass is 285 g/mol. The van der Waals surface area contributed by atoms with Crippen LogP contribution < -0.4 is 4.74 Å². The molecule has 0 bridgehead atoms. The van der Waals surface area contributed by atoms with E-state index in [2.05, 4.69) is 13.0 Å². The number of unbranched alkanes of at least 4 members (excludes halogenated alkanes) is 1. The van der Waals surface area contributed by atoms with Crippen molar-refractivity contribution in [2.45, 2.75) is 51.9 Å². The molecule has 0 aliphatic heterocycles. The second-order valence-corrected chi connectivity index (χ2v) is 5.92. The number of carbonyl (C=O) groups excluding carboxylic acids is 1. The van der Waals surface area contributed by atoms with Crippen LogP contribution in [0.1, 0.15) is 57.4 Å². The minimum atomic E-state index is -0.117. The van der Waals surface area contributed by atoms with Gasteiger partial charge in [-0.3, -0.25) is 4.79 Å². The summed E-state index contributed by atoms with van der Waals surface area (Å²) in [6, 6.07) is 8.76. The molecule has 0 amide bonds. The van der Waals surface area contributed by atoms with E-state index in [1.54, 1.807) is 24.3 Å². The zero-order valence-electron chi connectivity index (χ0n) is 12.7. The molecule has 21 heavy (non-hydrogen) atoms. The average molecular weight is 285 g/mol. The average Bonchev–Trinajstić information content (AvgIpc) is 2.54. The van der Waals surface area contributed by atoms with Crippen molar-refractivity contribution in [1.82, 2.24) is 0 Å². The van der Waals surface area contributed by atoms with Gasteiger partial charge in [0.25, 0.3) is 0 Å². The van der Waals surface area contributed by atoms with Crippen molar-refractivity contribution in [3.8, 4) is 11.8 Å². The van der Waals surface area contributed by atoms with E-state index in [0.29, 0.717) is 11.3 Å². The topological polar surface area (TPSA) is 50.1 Å². The summed E-state index contributed by atoms with van der Waals surface area (Å²) in [5.41, 5.74) is 0.575. The molecule has 2 rings (SSSR count). The molecular weight excluding hydrogens is 262 g/mol. The highest BCUT2D eigenvalue weighted by molar-refractivity contribution is 5.75. The van der Waals surface area contributed by atoms with Crippen molar-refractivity contribution >= 4 is 5.97 Å². The van der Waals surface area contributed by atoms with Crippen LogP contribution >= 0.6 is 0 Å². The van der Waals surface area contributed by atoms with E-state index < -0.39 is 0 Å². The SMILES string of the molecule is CCCCC1CCC(C(=O)Oc2ccc(C#N)cc2)CC1. The van der Waals surface area contributed by atoms with Gasteiger partial charge in [0, 0.05) is 0 Å². The maximum Gasteiger partial charge on any atom is 0.314 e. The fourth-order valence-corrected chi connectivity index (χ4v) is 2.98. The zero-order valence-corrected chi connectivity index (χ0v) is 12.7. The molecule has 0 spiro atoms. The summed E-state index contributed by atoms with van der Waals surface area (Å²) in [4.78, 5) is 12.2. The van der Waals surface area contributed by atoms with E-state index in [-0.39, 0.29) is 11.9 Å². The molecule has 1 aromatic carbocycles. The molecule has 3 nitrogen and oxygen atoms in total. The highest BCUT2D eigenvalue weighted by Gasteiger charge is 2.27. The Labute approximate surface area is 126 Å². The molecule has 1 aliphatic carbocycles. The Bertz CT molecular complexity index is 493. The molecule has 0 N–H and O–H groups in total. The molecule has 112 valence electrons. The molecule has 1 aliphatic rings. The molecule has 0 aromatic heterocycles. The number of esters is 1. The van der Waals surface area contributed by atoms with Crippen LogP contribution in [0.2, 0.25) is 0 Å². The van der Waals surface area contributed by atoms with E-state index in [9.17, 15) is 4.79 Å². The van der Waals surface area contributed by atoms with Gasteiger partial charge in [-0.05, 0) is 55.9 Å². The number of nitrogens with zero attached hydrogens (tertiary/aromatic N) is 1. The molecule has 3 heteroatoms. The summed E-state index contributed by atoms with van der Waals surface area (Å²) in [5.74, 6) is 1.25. The third-order valence-corrected chi connectivity index (χ3v) is 4.35. The van der Waals surface area contributed by atoms with Crippen LogP contribution in [-0.2, 0) is 4.79 Å². The van der Waals surface area contributed by atoms with E-state index >= 15 is 0 Å². The lowest BCUT2D eigenvalue weighted by Gasteiger charge is -2.27. The standard InChI is InChI=1S/C18H23NO2/c1-2-3-4-14-5-9-16(10-6-14)18(20)21-17-11-7-15(13-19)8-12-17/h7-8,11-12,14,16H,2-6,9-10H2,1H3. The van der Waals surface area contributed by atoms with Crippen LogP contribution in [0.25, 0.3) is 0 Å². The first kappa shape index (κ1) is 15.6. The molecular formula is C18H23NO2. The van der Waals surface area contributed by atoms with Gasteiger partial charge in [0.2, 0.25) is 0 Å². The first-order valence-corrected chi connectivity index (χ1v) is 7.94. The number of hydrogen-bond acceptors (Lipinski definition) is 3. The fourth-order valence-electron chi connectivity index (χ4n) is 2.98. The Morgan fingerprint density at radius 3 is 2.48 bits per heavy atom. The number of nitriles is 1. The molecule has 1 fully saturated rings. The van der Waals surface area contributed by atoms with E-state index in [1.807, 2.05) is 0 Å². The Kier molecular flexibility index (Phi) is 5.80. The van der Waals surface area contributed by atoms with Crippen molar-refractivity contribution < 1.29 is 9.53 Å². The summed E-state index contributed by atoms with van der Waals surface area (Å²) in [6.07, 6.45) is 8.03.